The highest BCUT2D eigenvalue weighted by molar-refractivity contribution is 5.94. The van der Waals surface area contributed by atoms with Crippen LogP contribution in [0.25, 0.3) is 5.57 Å². The third-order valence-electron chi connectivity index (χ3n) is 7.27. The van der Waals surface area contributed by atoms with Gasteiger partial charge in [-0.2, -0.15) is 4.98 Å². The summed E-state index contributed by atoms with van der Waals surface area (Å²) in [5.74, 6) is 1.98. The molecule has 0 spiro atoms. The van der Waals surface area contributed by atoms with Crippen molar-refractivity contribution in [3.8, 4) is 5.75 Å². The van der Waals surface area contributed by atoms with Gasteiger partial charge in [-0.3, -0.25) is 4.90 Å². The van der Waals surface area contributed by atoms with Crippen LogP contribution in [0.4, 0.5) is 28.8 Å². The summed E-state index contributed by atoms with van der Waals surface area (Å²) in [6.07, 6.45) is 7.82. The number of piperazine rings is 1. The Labute approximate surface area is 231 Å². The number of nitrogens with one attached hydrogen (secondary N) is 1. The molecule has 1 fully saturated rings. The van der Waals surface area contributed by atoms with E-state index >= 15 is 0 Å². The first-order chi connectivity index (χ1) is 18.9. The number of methoxy groups -OCH3 is 1. The number of benzene rings is 2. The van der Waals surface area contributed by atoms with E-state index in [4.69, 9.17) is 14.7 Å². The predicted octanol–water partition coefficient (Wildman–Crippen LogP) is 6.47. The molecule has 1 saturated heterocycles. The molecule has 2 aliphatic rings. The van der Waals surface area contributed by atoms with Crippen LogP contribution >= 0.6 is 0 Å². The fourth-order valence-electron chi connectivity index (χ4n) is 5.08. The topological polar surface area (TPSA) is 56.8 Å². The summed E-state index contributed by atoms with van der Waals surface area (Å²) in [5, 5.41) is 3.40. The molecule has 0 bridgehead atoms. The first kappa shape index (κ1) is 26.3. The number of hydrogen-bond acceptors (Lipinski definition) is 7. The zero-order valence-corrected chi connectivity index (χ0v) is 23.2. The summed E-state index contributed by atoms with van der Waals surface area (Å²) in [6.45, 7) is 16.6. The number of fused-ring (bicyclic) bond motifs is 1. The molecule has 5 rings (SSSR count). The van der Waals surface area contributed by atoms with E-state index in [0.29, 0.717) is 5.95 Å². The van der Waals surface area contributed by atoms with Gasteiger partial charge in [0.2, 0.25) is 5.95 Å². The molecule has 7 nitrogen and oxygen atoms in total. The average Bonchev–Trinajstić information content (AvgIpc) is 2.94. The maximum atomic E-state index is 5.77. The number of aryl methyl sites for hydroxylation is 1. The van der Waals surface area contributed by atoms with E-state index < -0.39 is 0 Å². The van der Waals surface area contributed by atoms with E-state index in [2.05, 4.69) is 83.6 Å². The highest BCUT2D eigenvalue weighted by Gasteiger charge is 2.27. The lowest BCUT2D eigenvalue weighted by Gasteiger charge is -2.34. The molecular formula is C32H36N6O. The summed E-state index contributed by atoms with van der Waals surface area (Å²) >= 11 is 0. The molecule has 0 unspecified atom stereocenters. The van der Waals surface area contributed by atoms with Crippen molar-refractivity contribution in [2.75, 3.05) is 55.5 Å². The molecule has 0 amide bonds. The van der Waals surface area contributed by atoms with Crippen LogP contribution in [0.2, 0.25) is 0 Å². The highest BCUT2D eigenvalue weighted by Crippen LogP contribution is 2.42. The first-order valence-electron chi connectivity index (χ1n) is 13.2. The van der Waals surface area contributed by atoms with Gasteiger partial charge < -0.3 is 19.9 Å². The SMILES string of the molecule is C=CC(=CC)C1=CC(=C)N(c2cccc(C)c2)c2nc(Nc3ccc(N4CCN(C)CC4)cc3OC)ncc21. The fraction of sp³-hybridized carbons (Fsp3) is 0.250. The summed E-state index contributed by atoms with van der Waals surface area (Å²) in [6, 6.07) is 14.6. The number of ether oxygens (including phenoxy) is 1. The Morgan fingerprint density at radius 1 is 1.08 bits per heavy atom. The highest BCUT2D eigenvalue weighted by atomic mass is 16.5. The average molecular weight is 521 g/mol. The monoisotopic (exact) mass is 520 g/mol. The second-order valence-corrected chi connectivity index (χ2v) is 9.90. The molecular weight excluding hydrogens is 484 g/mol. The molecule has 0 saturated carbocycles. The number of allylic oxidation sites excluding steroid dienone is 5. The third kappa shape index (κ3) is 5.31. The third-order valence-corrected chi connectivity index (χ3v) is 7.27. The van der Waals surface area contributed by atoms with Crippen molar-refractivity contribution >= 4 is 34.4 Å². The van der Waals surface area contributed by atoms with Gasteiger partial charge in [0.05, 0.1) is 12.8 Å². The van der Waals surface area contributed by atoms with Crippen LogP contribution in [-0.2, 0) is 0 Å². The smallest absolute Gasteiger partial charge is 0.229 e. The minimum atomic E-state index is 0.478. The lowest BCUT2D eigenvalue weighted by Crippen LogP contribution is -2.44. The molecule has 1 aromatic heterocycles. The number of nitrogens with zero attached hydrogens (tertiary/aromatic N) is 5. The van der Waals surface area contributed by atoms with E-state index in [-0.39, 0.29) is 0 Å². The maximum Gasteiger partial charge on any atom is 0.229 e. The molecule has 2 aliphatic heterocycles. The van der Waals surface area contributed by atoms with E-state index in [0.717, 1.165) is 82.8 Å². The maximum absolute atomic E-state index is 5.77. The largest absolute Gasteiger partial charge is 0.494 e. The predicted molar refractivity (Wildman–Crippen MR) is 162 cm³/mol. The lowest BCUT2D eigenvalue weighted by molar-refractivity contribution is 0.312. The second-order valence-electron chi connectivity index (χ2n) is 9.90. The van der Waals surface area contributed by atoms with Gasteiger partial charge in [-0.1, -0.05) is 37.4 Å². The normalized spacial score (nSPS) is 16.1. The standard InChI is InChI=1S/C32H36N6O/c1-7-24(8-2)27-19-23(4)38(26-11-9-10-22(3)18-26)31-28(27)21-33-32(35-31)34-29-13-12-25(20-30(29)39-6)37-16-14-36(5)15-17-37/h7-13,18-21H,1,4,14-17H2,2-3,5-6H3,(H,33,34,35). The van der Waals surface area contributed by atoms with Crippen LogP contribution in [0.15, 0.2) is 91.3 Å². The van der Waals surface area contributed by atoms with Gasteiger partial charge in [-0.15, -0.1) is 0 Å². The van der Waals surface area contributed by atoms with Crippen molar-refractivity contribution in [1.29, 1.82) is 0 Å². The minimum Gasteiger partial charge on any atom is -0.494 e. The molecule has 0 radical (unpaired) electrons. The van der Waals surface area contributed by atoms with Crippen molar-refractivity contribution in [1.82, 2.24) is 14.9 Å². The minimum absolute atomic E-state index is 0.478. The van der Waals surface area contributed by atoms with E-state index in [9.17, 15) is 0 Å². The summed E-state index contributed by atoms with van der Waals surface area (Å²) in [7, 11) is 3.85. The zero-order chi connectivity index (χ0) is 27.5. The fourth-order valence-corrected chi connectivity index (χ4v) is 5.08. The van der Waals surface area contributed by atoms with E-state index in [1.54, 1.807) is 7.11 Å². The molecule has 200 valence electrons. The number of aromatic nitrogens is 2. The van der Waals surface area contributed by atoms with Crippen molar-refractivity contribution in [3.63, 3.8) is 0 Å². The van der Waals surface area contributed by atoms with Gasteiger partial charge in [0, 0.05) is 61.1 Å². The molecule has 3 aromatic rings. The Hall–Kier alpha value is -4.36. The zero-order valence-electron chi connectivity index (χ0n) is 23.2. The second kappa shape index (κ2) is 11.2. The quantitative estimate of drug-likeness (QED) is 0.358. The van der Waals surface area contributed by atoms with Crippen molar-refractivity contribution in [2.24, 2.45) is 0 Å². The summed E-state index contributed by atoms with van der Waals surface area (Å²) in [4.78, 5) is 16.5. The van der Waals surface area contributed by atoms with Crippen LogP contribution in [0.5, 0.6) is 5.75 Å². The first-order valence-corrected chi connectivity index (χ1v) is 13.2. The van der Waals surface area contributed by atoms with Crippen LogP contribution in [0, 0.1) is 6.92 Å². The van der Waals surface area contributed by atoms with Crippen molar-refractivity contribution in [3.05, 3.63) is 102 Å². The number of hydrogen-bond donors (Lipinski definition) is 1. The van der Waals surface area contributed by atoms with Gasteiger partial charge in [0.25, 0.3) is 0 Å². The Morgan fingerprint density at radius 2 is 1.87 bits per heavy atom. The van der Waals surface area contributed by atoms with Crippen LogP contribution < -0.4 is 19.9 Å². The summed E-state index contributed by atoms with van der Waals surface area (Å²) < 4.78 is 5.77. The molecule has 0 atom stereocenters. The van der Waals surface area contributed by atoms with E-state index in [1.807, 2.05) is 37.4 Å². The van der Waals surface area contributed by atoms with Crippen LogP contribution in [-0.4, -0.2) is 55.2 Å². The Balaban J connectivity index is 1.52. The van der Waals surface area contributed by atoms with Crippen molar-refractivity contribution < 1.29 is 4.74 Å². The van der Waals surface area contributed by atoms with Gasteiger partial charge >= 0.3 is 0 Å². The summed E-state index contributed by atoms with van der Waals surface area (Å²) in [5.41, 5.74) is 7.86. The van der Waals surface area contributed by atoms with Crippen molar-refractivity contribution in [2.45, 2.75) is 13.8 Å². The van der Waals surface area contributed by atoms with Gasteiger partial charge in [-0.05, 0) is 67.9 Å². The van der Waals surface area contributed by atoms with E-state index in [1.165, 1.54) is 0 Å². The molecule has 3 heterocycles. The van der Waals surface area contributed by atoms with Gasteiger partial charge in [0.1, 0.15) is 5.75 Å². The molecule has 2 aromatic carbocycles. The molecule has 0 aliphatic carbocycles. The Bertz CT molecular complexity index is 1470. The molecule has 39 heavy (non-hydrogen) atoms. The van der Waals surface area contributed by atoms with Crippen LogP contribution in [0.1, 0.15) is 18.1 Å². The number of likely N-dealkylation sites (N-methyl/N-ethyl adjacent to an activating group) is 1. The molecule has 1 N–H and O–H groups in total. The van der Waals surface area contributed by atoms with Crippen LogP contribution in [0.3, 0.4) is 0 Å². The molecule has 7 heteroatoms. The lowest BCUT2D eigenvalue weighted by atomic mass is 9.94. The Morgan fingerprint density at radius 3 is 2.56 bits per heavy atom. The van der Waals surface area contributed by atoms with Gasteiger partial charge in [-0.25, -0.2) is 4.98 Å². The van der Waals surface area contributed by atoms with Gasteiger partial charge in [0.15, 0.2) is 5.82 Å². The number of rotatable bonds is 7. The number of anilines is 5. The Kier molecular flexibility index (Phi) is 7.52.